The van der Waals surface area contributed by atoms with Crippen LogP contribution in [0.4, 0.5) is 0 Å². The second-order valence-electron chi connectivity index (χ2n) is 2.68. The molecule has 0 spiro atoms. The molecule has 1 aromatic carbocycles. The van der Waals surface area contributed by atoms with Crippen molar-refractivity contribution in [2.75, 3.05) is 6.54 Å². The number of aromatic hydroxyl groups is 1. The summed E-state index contributed by atoms with van der Waals surface area (Å²) in [5.74, 6) is 0.284. The average Bonchev–Trinajstić information content (AvgIpc) is 2.07. The molecule has 0 radical (unpaired) electrons. The molecule has 0 amide bonds. The van der Waals surface area contributed by atoms with Crippen LogP contribution < -0.4 is 5.73 Å². The molecule has 0 aliphatic heterocycles. The van der Waals surface area contributed by atoms with Crippen molar-refractivity contribution >= 4 is 15.9 Å². The number of hydrogen-bond acceptors (Lipinski definition) is 2. The topological polar surface area (TPSA) is 46.2 Å². The molecule has 0 aliphatic carbocycles. The molecule has 12 heavy (non-hydrogen) atoms. The lowest BCUT2D eigenvalue weighted by Crippen LogP contribution is -2.00. The summed E-state index contributed by atoms with van der Waals surface area (Å²) in [5, 5.41) is 9.20. The van der Waals surface area contributed by atoms with Gasteiger partial charge in [-0.3, -0.25) is 0 Å². The lowest BCUT2D eigenvalue weighted by Gasteiger charge is -2.01. The summed E-state index contributed by atoms with van der Waals surface area (Å²) in [6.45, 7) is 0.707. The summed E-state index contributed by atoms with van der Waals surface area (Å²) in [6, 6.07) is 5.52. The molecule has 1 aromatic rings. The number of nitrogens with two attached hydrogens (primary N) is 1. The first kappa shape index (κ1) is 9.55. The van der Waals surface area contributed by atoms with E-state index >= 15 is 0 Å². The van der Waals surface area contributed by atoms with Crippen LogP contribution in [-0.4, -0.2) is 11.7 Å². The molecule has 3 N–H and O–H groups in total. The van der Waals surface area contributed by atoms with Gasteiger partial charge in [0.25, 0.3) is 0 Å². The highest BCUT2D eigenvalue weighted by Crippen LogP contribution is 2.24. The number of halogens is 1. The lowest BCUT2D eigenvalue weighted by atomic mass is 10.1. The number of hydrogen-bond donors (Lipinski definition) is 2. The van der Waals surface area contributed by atoms with Gasteiger partial charge in [-0.1, -0.05) is 6.07 Å². The first-order valence-corrected chi connectivity index (χ1v) is 4.71. The van der Waals surface area contributed by atoms with Gasteiger partial charge < -0.3 is 10.8 Å². The van der Waals surface area contributed by atoms with Crippen molar-refractivity contribution in [2.45, 2.75) is 12.8 Å². The van der Waals surface area contributed by atoms with Crippen LogP contribution in [0.2, 0.25) is 0 Å². The van der Waals surface area contributed by atoms with Crippen LogP contribution in [0.15, 0.2) is 22.7 Å². The third-order valence-corrected chi connectivity index (χ3v) is 2.32. The summed E-state index contributed by atoms with van der Waals surface area (Å²) >= 11 is 3.26. The Bertz CT molecular complexity index is 263. The summed E-state index contributed by atoms with van der Waals surface area (Å²) < 4.78 is 0.747. The minimum atomic E-state index is 0.284. The van der Waals surface area contributed by atoms with Crippen LogP contribution >= 0.6 is 15.9 Å². The third kappa shape index (κ3) is 2.50. The van der Waals surface area contributed by atoms with Crippen LogP contribution in [0.3, 0.4) is 0 Å². The van der Waals surface area contributed by atoms with E-state index in [1.54, 1.807) is 6.07 Å². The maximum atomic E-state index is 9.20. The SMILES string of the molecule is NCCCc1ccc(O)c(Br)c1. The number of phenolic OH excluding ortho intramolecular Hbond substituents is 1. The van der Waals surface area contributed by atoms with Gasteiger partial charge in [0.05, 0.1) is 4.47 Å². The van der Waals surface area contributed by atoms with E-state index in [-0.39, 0.29) is 5.75 Å². The van der Waals surface area contributed by atoms with Crippen molar-refractivity contribution < 1.29 is 5.11 Å². The predicted molar refractivity (Wildman–Crippen MR) is 53.2 cm³/mol. The van der Waals surface area contributed by atoms with E-state index in [9.17, 15) is 5.11 Å². The van der Waals surface area contributed by atoms with E-state index in [1.807, 2.05) is 12.1 Å². The first-order chi connectivity index (χ1) is 5.74. The van der Waals surface area contributed by atoms with E-state index in [4.69, 9.17) is 5.73 Å². The molecule has 1 rings (SSSR count). The molecule has 0 heterocycles. The van der Waals surface area contributed by atoms with Crippen molar-refractivity contribution in [1.29, 1.82) is 0 Å². The number of rotatable bonds is 3. The van der Waals surface area contributed by atoms with Gasteiger partial charge in [0.2, 0.25) is 0 Å². The third-order valence-electron chi connectivity index (χ3n) is 1.68. The van der Waals surface area contributed by atoms with Crippen molar-refractivity contribution in [3.63, 3.8) is 0 Å². The number of benzene rings is 1. The monoisotopic (exact) mass is 229 g/mol. The van der Waals surface area contributed by atoms with E-state index in [1.165, 1.54) is 5.56 Å². The zero-order chi connectivity index (χ0) is 8.97. The summed E-state index contributed by atoms with van der Waals surface area (Å²) in [7, 11) is 0. The lowest BCUT2D eigenvalue weighted by molar-refractivity contribution is 0.471. The zero-order valence-electron chi connectivity index (χ0n) is 6.76. The highest BCUT2D eigenvalue weighted by Gasteiger charge is 1.98. The van der Waals surface area contributed by atoms with Crippen LogP contribution in [-0.2, 0) is 6.42 Å². The van der Waals surface area contributed by atoms with Gasteiger partial charge in [-0.15, -0.1) is 0 Å². The first-order valence-electron chi connectivity index (χ1n) is 3.91. The maximum absolute atomic E-state index is 9.20. The minimum absolute atomic E-state index is 0.284. The number of phenols is 1. The van der Waals surface area contributed by atoms with Crippen LogP contribution in [0.1, 0.15) is 12.0 Å². The molecule has 0 saturated heterocycles. The van der Waals surface area contributed by atoms with E-state index in [0.717, 1.165) is 17.3 Å². The quantitative estimate of drug-likeness (QED) is 0.834. The van der Waals surface area contributed by atoms with Gasteiger partial charge in [0.15, 0.2) is 0 Å². The number of aryl methyl sites for hydroxylation is 1. The van der Waals surface area contributed by atoms with Crippen molar-refractivity contribution in [3.05, 3.63) is 28.2 Å². The molecule has 0 aromatic heterocycles. The van der Waals surface area contributed by atoms with E-state index in [2.05, 4.69) is 15.9 Å². The maximum Gasteiger partial charge on any atom is 0.129 e. The Balaban J connectivity index is 2.69. The Morgan fingerprint density at radius 3 is 2.75 bits per heavy atom. The van der Waals surface area contributed by atoms with Crippen molar-refractivity contribution in [1.82, 2.24) is 0 Å². The fourth-order valence-corrected chi connectivity index (χ4v) is 1.44. The van der Waals surface area contributed by atoms with Gasteiger partial charge in [0.1, 0.15) is 5.75 Å². The molecule has 0 saturated carbocycles. The summed E-state index contributed by atoms with van der Waals surface area (Å²) in [4.78, 5) is 0. The predicted octanol–water partition coefficient (Wildman–Crippen LogP) is 2.05. The molecular weight excluding hydrogens is 218 g/mol. The fourth-order valence-electron chi connectivity index (χ4n) is 1.01. The molecule has 0 aliphatic rings. The zero-order valence-corrected chi connectivity index (χ0v) is 8.34. The Labute approximate surface area is 80.5 Å². The van der Waals surface area contributed by atoms with E-state index < -0.39 is 0 Å². The van der Waals surface area contributed by atoms with Gasteiger partial charge in [0, 0.05) is 0 Å². The Morgan fingerprint density at radius 2 is 2.17 bits per heavy atom. The van der Waals surface area contributed by atoms with Crippen LogP contribution in [0.25, 0.3) is 0 Å². The van der Waals surface area contributed by atoms with E-state index in [0.29, 0.717) is 6.54 Å². The van der Waals surface area contributed by atoms with Gasteiger partial charge >= 0.3 is 0 Å². The highest BCUT2D eigenvalue weighted by molar-refractivity contribution is 9.10. The molecule has 2 nitrogen and oxygen atoms in total. The Morgan fingerprint density at radius 1 is 1.42 bits per heavy atom. The molecule has 0 fully saturated rings. The largest absolute Gasteiger partial charge is 0.507 e. The Hall–Kier alpha value is -0.540. The Kier molecular flexibility index (Phi) is 3.56. The van der Waals surface area contributed by atoms with Gasteiger partial charge in [-0.05, 0) is 53.0 Å². The fraction of sp³-hybridized carbons (Fsp3) is 0.333. The van der Waals surface area contributed by atoms with Gasteiger partial charge in [-0.2, -0.15) is 0 Å². The normalized spacial score (nSPS) is 10.2. The van der Waals surface area contributed by atoms with Gasteiger partial charge in [-0.25, -0.2) is 0 Å². The summed E-state index contributed by atoms with van der Waals surface area (Å²) in [6.07, 6.45) is 1.95. The van der Waals surface area contributed by atoms with Crippen molar-refractivity contribution in [2.24, 2.45) is 5.73 Å². The average molecular weight is 230 g/mol. The molecule has 0 bridgehead atoms. The summed E-state index contributed by atoms with van der Waals surface area (Å²) in [5.41, 5.74) is 6.58. The molecule has 66 valence electrons. The minimum Gasteiger partial charge on any atom is -0.507 e. The second kappa shape index (κ2) is 4.48. The van der Waals surface area contributed by atoms with Crippen LogP contribution in [0, 0.1) is 0 Å². The molecule has 3 heteroatoms. The molecule has 0 unspecified atom stereocenters. The molecular formula is C9H12BrNO. The molecule has 0 atom stereocenters. The smallest absolute Gasteiger partial charge is 0.129 e. The van der Waals surface area contributed by atoms with Crippen molar-refractivity contribution in [3.8, 4) is 5.75 Å². The second-order valence-corrected chi connectivity index (χ2v) is 3.53. The van der Waals surface area contributed by atoms with Crippen LogP contribution in [0.5, 0.6) is 5.75 Å². The standard InChI is InChI=1S/C9H12BrNO/c10-8-6-7(2-1-5-11)3-4-9(8)12/h3-4,6,12H,1-2,5,11H2. The highest BCUT2D eigenvalue weighted by atomic mass is 79.9.